The van der Waals surface area contributed by atoms with Crippen LogP contribution in [0.1, 0.15) is 29.8 Å². The summed E-state index contributed by atoms with van der Waals surface area (Å²) in [6.07, 6.45) is 0. The zero-order valence-corrected chi connectivity index (χ0v) is 15.5. The van der Waals surface area contributed by atoms with E-state index in [0.29, 0.717) is 5.56 Å². The molecule has 0 spiro atoms. The lowest BCUT2D eigenvalue weighted by atomic mass is 10.1. The molecule has 2 aromatic carbocycles. The Hall–Kier alpha value is -2.50. The molecule has 0 unspecified atom stereocenters. The number of benzene rings is 2. The molecule has 0 saturated heterocycles. The molecule has 1 amide bonds. The highest BCUT2D eigenvalue weighted by Crippen LogP contribution is 2.27. The molecule has 6 nitrogen and oxygen atoms in total. The second kappa shape index (κ2) is 8.25. The third-order valence-corrected chi connectivity index (χ3v) is 5.91. The van der Waals surface area contributed by atoms with Gasteiger partial charge in [-0.3, -0.25) is 10.0 Å². The van der Waals surface area contributed by atoms with Gasteiger partial charge in [0.05, 0.1) is 0 Å². The van der Waals surface area contributed by atoms with Crippen molar-refractivity contribution >= 4 is 15.9 Å². The number of hydrogen-bond donors (Lipinski definition) is 2. The maximum absolute atomic E-state index is 14.0. The van der Waals surface area contributed by atoms with Crippen molar-refractivity contribution < 1.29 is 36.0 Å². The number of halogens is 4. The Bertz CT molecular complexity index is 995. The minimum absolute atomic E-state index is 0.0904. The van der Waals surface area contributed by atoms with E-state index in [-0.39, 0.29) is 18.2 Å². The van der Waals surface area contributed by atoms with E-state index in [1.165, 1.54) is 43.6 Å². The maximum atomic E-state index is 14.0. The molecule has 0 radical (unpaired) electrons. The Labute approximate surface area is 158 Å². The van der Waals surface area contributed by atoms with Gasteiger partial charge in [-0.25, -0.2) is 31.5 Å². The summed E-state index contributed by atoms with van der Waals surface area (Å²) in [5.74, 6) is -8.95. The highest BCUT2D eigenvalue weighted by molar-refractivity contribution is 7.89. The first-order chi connectivity index (χ1) is 13.0. The number of hydrogen-bond acceptors (Lipinski definition) is 4. The largest absolute Gasteiger partial charge is 0.288 e. The molecular formula is C17H16F4N2O4S. The summed E-state index contributed by atoms with van der Waals surface area (Å²) in [6, 6.07) is 4.73. The van der Waals surface area contributed by atoms with Crippen LogP contribution in [-0.2, 0) is 16.6 Å². The van der Waals surface area contributed by atoms with E-state index in [4.69, 9.17) is 5.21 Å². The third-order valence-electron chi connectivity index (χ3n) is 3.89. The monoisotopic (exact) mass is 420 g/mol. The fourth-order valence-electron chi connectivity index (χ4n) is 2.42. The zero-order chi connectivity index (χ0) is 21.2. The van der Waals surface area contributed by atoms with Gasteiger partial charge in [0, 0.05) is 24.2 Å². The molecule has 0 aliphatic carbocycles. The number of nitrogens with zero attached hydrogens (tertiary/aromatic N) is 1. The average Bonchev–Trinajstić information content (AvgIpc) is 2.66. The topological polar surface area (TPSA) is 86.7 Å². The molecule has 2 rings (SSSR count). The van der Waals surface area contributed by atoms with Crippen molar-refractivity contribution in [3.8, 4) is 0 Å². The summed E-state index contributed by atoms with van der Waals surface area (Å²) in [7, 11) is -4.73. The zero-order valence-electron chi connectivity index (χ0n) is 14.7. The molecule has 0 aromatic heterocycles. The summed E-state index contributed by atoms with van der Waals surface area (Å²) in [5, 5.41) is 8.59. The van der Waals surface area contributed by atoms with Crippen LogP contribution in [0.3, 0.4) is 0 Å². The number of rotatable bonds is 6. The smallest absolute Gasteiger partial charge is 0.274 e. The van der Waals surface area contributed by atoms with Gasteiger partial charge in [-0.2, -0.15) is 4.31 Å². The lowest BCUT2D eigenvalue weighted by Gasteiger charge is -2.26. The normalized spacial score (nSPS) is 11.9. The Kier molecular flexibility index (Phi) is 6.42. The van der Waals surface area contributed by atoms with Crippen LogP contribution in [0, 0.1) is 23.3 Å². The van der Waals surface area contributed by atoms with Gasteiger partial charge in [0.2, 0.25) is 10.0 Å². The van der Waals surface area contributed by atoms with Crippen LogP contribution in [0.5, 0.6) is 0 Å². The minimum Gasteiger partial charge on any atom is -0.288 e. The summed E-state index contributed by atoms with van der Waals surface area (Å²) >= 11 is 0. The lowest BCUT2D eigenvalue weighted by Crippen LogP contribution is -2.37. The van der Waals surface area contributed by atoms with Crippen LogP contribution in [-0.4, -0.2) is 29.9 Å². The number of sulfonamides is 1. The molecule has 0 fully saturated rings. The van der Waals surface area contributed by atoms with Crippen molar-refractivity contribution in [2.45, 2.75) is 31.3 Å². The van der Waals surface area contributed by atoms with E-state index >= 15 is 0 Å². The summed E-state index contributed by atoms with van der Waals surface area (Å²) < 4.78 is 80.4. The Balaban J connectivity index is 2.45. The molecule has 2 aromatic rings. The van der Waals surface area contributed by atoms with Crippen LogP contribution in [0.4, 0.5) is 17.6 Å². The highest BCUT2D eigenvalue weighted by atomic mass is 32.2. The van der Waals surface area contributed by atoms with E-state index < -0.39 is 50.1 Å². The quantitative estimate of drug-likeness (QED) is 0.247. The van der Waals surface area contributed by atoms with Crippen LogP contribution in [0.2, 0.25) is 0 Å². The van der Waals surface area contributed by atoms with Gasteiger partial charge in [-0.1, -0.05) is 12.1 Å². The molecule has 28 heavy (non-hydrogen) atoms. The summed E-state index contributed by atoms with van der Waals surface area (Å²) in [4.78, 5) is 9.99. The number of carbonyl (C=O) groups is 1. The van der Waals surface area contributed by atoms with Crippen LogP contribution in [0.15, 0.2) is 35.2 Å². The second-order valence-electron chi connectivity index (χ2n) is 6.08. The molecule has 0 aliphatic heterocycles. The fourth-order valence-corrected chi connectivity index (χ4v) is 4.11. The van der Waals surface area contributed by atoms with E-state index in [2.05, 4.69) is 0 Å². The van der Waals surface area contributed by atoms with Gasteiger partial charge in [0.1, 0.15) is 4.90 Å². The Morgan fingerprint density at radius 3 is 2.14 bits per heavy atom. The first kappa shape index (κ1) is 21.8. The van der Waals surface area contributed by atoms with E-state index in [9.17, 15) is 30.8 Å². The van der Waals surface area contributed by atoms with Gasteiger partial charge in [-0.15, -0.1) is 0 Å². The molecule has 0 bridgehead atoms. The van der Waals surface area contributed by atoms with Gasteiger partial charge in [-0.05, 0) is 31.5 Å². The second-order valence-corrected chi connectivity index (χ2v) is 7.94. The number of nitrogens with one attached hydrogen (secondary N) is 1. The van der Waals surface area contributed by atoms with Gasteiger partial charge in [0.25, 0.3) is 5.91 Å². The van der Waals surface area contributed by atoms with Crippen molar-refractivity contribution in [2.24, 2.45) is 0 Å². The van der Waals surface area contributed by atoms with Gasteiger partial charge < -0.3 is 0 Å². The minimum atomic E-state index is -4.73. The van der Waals surface area contributed by atoms with E-state index in [1.807, 2.05) is 0 Å². The van der Waals surface area contributed by atoms with Gasteiger partial charge in [0.15, 0.2) is 23.3 Å². The van der Waals surface area contributed by atoms with Crippen molar-refractivity contribution in [3.05, 3.63) is 64.7 Å². The predicted molar refractivity (Wildman–Crippen MR) is 89.8 cm³/mol. The predicted octanol–water partition coefficient (Wildman–Crippen LogP) is 2.96. The highest BCUT2D eigenvalue weighted by Gasteiger charge is 2.33. The first-order valence-electron chi connectivity index (χ1n) is 7.89. The van der Waals surface area contributed by atoms with Crippen LogP contribution < -0.4 is 5.48 Å². The van der Waals surface area contributed by atoms with Crippen LogP contribution >= 0.6 is 0 Å². The molecule has 152 valence electrons. The summed E-state index contributed by atoms with van der Waals surface area (Å²) in [6.45, 7) is 2.60. The molecular weight excluding hydrogens is 404 g/mol. The Morgan fingerprint density at radius 1 is 1.07 bits per heavy atom. The molecule has 0 saturated carbocycles. The van der Waals surface area contributed by atoms with Crippen molar-refractivity contribution in [3.63, 3.8) is 0 Å². The molecule has 2 N–H and O–H groups in total. The first-order valence-corrected chi connectivity index (χ1v) is 9.33. The van der Waals surface area contributed by atoms with Crippen molar-refractivity contribution in [2.75, 3.05) is 0 Å². The van der Waals surface area contributed by atoms with E-state index in [1.54, 1.807) is 0 Å². The van der Waals surface area contributed by atoms with Crippen molar-refractivity contribution in [1.82, 2.24) is 9.79 Å². The van der Waals surface area contributed by atoms with Crippen LogP contribution in [0.25, 0.3) is 0 Å². The van der Waals surface area contributed by atoms with Crippen molar-refractivity contribution in [1.29, 1.82) is 0 Å². The van der Waals surface area contributed by atoms with E-state index in [0.717, 1.165) is 4.31 Å². The standard InChI is InChI=1S/C17H16F4N2O4S/c1-9(2)23(8-10-3-5-11(6-4-10)17(24)22-25)28(26,27)13-7-12(18)14(19)16(21)15(13)20/h3-7,9,25H,8H2,1-2H3,(H,22,24). The lowest BCUT2D eigenvalue weighted by molar-refractivity contribution is 0.0706. The average molecular weight is 420 g/mol. The van der Waals surface area contributed by atoms with Gasteiger partial charge >= 0.3 is 0 Å². The maximum Gasteiger partial charge on any atom is 0.274 e. The SMILES string of the molecule is CC(C)N(Cc1ccc(C(=O)NO)cc1)S(=O)(=O)c1cc(F)c(F)c(F)c1F. The third kappa shape index (κ3) is 4.16. The molecule has 11 heteroatoms. The Morgan fingerprint density at radius 2 is 1.64 bits per heavy atom. The number of carbonyl (C=O) groups excluding carboxylic acids is 1. The molecule has 0 atom stereocenters. The molecule has 0 aliphatic rings. The number of hydroxylamine groups is 1. The number of amides is 1. The summed E-state index contributed by atoms with van der Waals surface area (Å²) in [5.41, 5.74) is 1.91. The fraction of sp³-hybridized carbons (Fsp3) is 0.235. The molecule has 0 heterocycles.